The highest BCUT2D eigenvalue weighted by molar-refractivity contribution is 5.76. The van der Waals surface area contributed by atoms with Gasteiger partial charge in [-0.25, -0.2) is 4.79 Å². The molecule has 0 bridgehead atoms. The van der Waals surface area contributed by atoms with Gasteiger partial charge in [-0.2, -0.15) is 0 Å². The average Bonchev–Trinajstić information content (AvgIpc) is 3.42. The Hall–Kier alpha value is -2.48. The molecular formula is C26H34N4O3. The number of carbonyl (C=O) groups excluding carboxylic acids is 1. The maximum atomic E-state index is 12.8. The number of aliphatic hydroxyl groups excluding tert-OH is 1. The number of hydrogen-bond donors (Lipinski definition) is 2. The lowest BCUT2D eigenvalue weighted by atomic mass is 9.93. The zero-order chi connectivity index (χ0) is 22.6. The van der Waals surface area contributed by atoms with E-state index in [0.717, 1.165) is 44.6 Å². The lowest BCUT2D eigenvalue weighted by molar-refractivity contribution is 0.0852. The highest BCUT2D eigenvalue weighted by Crippen LogP contribution is 2.26. The molecule has 5 rings (SSSR count). The predicted molar refractivity (Wildman–Crippen MR) is 126 cm³/mol. The molecule has 2 N–H and O–H groups in total. The van der Waals surface area contributed by atoms with Crippen LogP contribution in [0.2, 0.25) is 0 Å². The Morgan fingerprint density at radius 3 is 2.48 bits per heavy atom. The summed E-state index contributed by atoms with van der Waals surface area (Å²) in [5, 5.41) is 14.0. The molecule has 7 nitrogen and oxygen atoms in total. The van der Waals surface area contributed by atoms with Crippen LogP contribution >= 0.6 is 0 Å². The summed E-state index contributed by atoms with van der Waals surface area (Å²) in [7, 11) is 0. The van der Waals surface area contributed by atoms with Gasteiger partial charge in [0.1, 0.15) is 0 Å². The largest absolute Gasteiger partial charge is 0.390 e. The van der Waals surface area contributed by atoms with E-state index in [-0.39, 0.29) is 6.03 Å². The highest BCUT2D eigenvalue weighted by atomic mass is 16.5. The summed E-state index contributed by atoms with van der Waals surface area (Å²) >= 11 is 0. The quantitative estimate of drug-likeness (QED) is 0.646. The molecule has 1 aromatic carbocycles. The lowest BCUT2D eigenvalue weighted by Gasteiger charge is -2.23. The van der Waals surface area contributed by atoms with Crippen molar-refractivity contribution < 1.29 is 14.6 Å². The number of fused-ring (bicyclic) bond motifs is 1. The van der Waals surface area contributed by atoms with E-state index in [0.29, 0.717) is 44.7 Å². The first kappa shape index (κ1) is 22.3. The number of aromatic nitrogens is 1. The summed E-state index contributed by atoms with van der Waals surface area (Å²) in [6, 6.07) is 13.0. The number of aliphatic hydroxyl groups is 1. The smallest absolute Gasteiger partial charge is 0.320 e. The van der Waals surface area contributed by atoms with Crippen LogP contribution in [0.3, 0.4) is 0 Å². The monoisotopic (exact) mass is 450 g/mol. The first-order valence-electron chi connectivity index (χ1n) is 12.2. The van der Waals surface area contributed by atoms with Gasteiger partial charge in [-0.1, -0.05) is 30.3 Å². The van der Waals surface area contributed by atoms with Crippen molar-refractivity contribution in [2.24, 2.45) is 0 Å². The third kappa shape index (κ3) is 5.37. The van der Waals surface area contributed by atoms with Crippen LogP contribution in [0.5, 0.6) is 0 Å². The fraction of sp³-hybridized carbons (Fsp3) is 0.538. The van der Waals surface area contributed by atoms with Crippen molar-refractivity contribution in [3.63, 3.8) is 0 Å². The topological polar surface area (TPSA) is 77.9 Å². The first-order valence-corrected chi connectivity index (χ1v) is 12.2. The number of carbonyl (C=O) groups is 1. The Morgan fingerprint density at radius 1 is 1.06 bits per heavy atom. The maximum absolute atomic E-state index is 12.8. The molecule has 1 aliphatic carbocycles. The van der Waals surface area contributed by atoms with E-state index in [1.165, 1.54) is 16.7 Å². The summed E-state index contributed by atoms with van der Waals surface area (Å²) in [5.41, 5.74) is 4.95. The summed E-state index contributed by atoms with van der Waals surface area (Å²) in [5.74, 6) is 0.526. The summed E-state index contributed by atoms with van der Waals surface area (Å²) < 4.78 is 5.45. The van der Waals surface area contributed by atoms with E-state index in [1.54, 1.807) is 4.90 Å². The minimum absolute atomic E-state index is 0.0161. The van der Waals surface area contributed by atoms with E-state index in [1.807, 2.05) is 17.2 Å². The van der Waals surface area contributed by atoms with Gasteiger partial charge in [0.15, 0.2) is 0 Å². The molecule has 2 saturated heterocycles. The molecule has 3 heterocycles. The Balaban J connectivity index is 1.06. The van der Waals surface area contributed by atoms with Crippen molar-refractivity contribution in [3.8, 4) is 0 Å². The zero-order valence-electron chi connectivity index (χ0n) is 19.2. The van der Waals surface area contributed by atoms with Crippen molar-refractivity contribution in [2.75, 3.05) is 39.4 Å². The Labute approximate surface area is 195 Å². The highest BCUT2D eigenvalue weighted by Gasteiger charge is 2.30. The molecule has 2 aromatic rings. The third-order valence-electron chi connectivity index (χ3n) is 7.20. The minimum Gasteiger partial charge on any atom is -0.390 e. The molecular weight excluding hydrogens is 416 g/mol. The number of amides is 2. The van der Waals surface area contributed by atoms with E-state index < -0.39 is 6.10 Å². The summed E-state index contributed by atoms with van der Waals surface area (Å²) in [6.07, 6.45) is 5.48. The fourth-order valence-electron chi connectivity index (χ4n) is 5.27. The minimum atomic E-state index is -0.575. The molecule has 2 amide bonds. The molecule has 0 unspecified atom stereocenters. The molecule has 2 aliphatic heterocycles. The van der Waals surface area contributed by atoms with Crippen molar-refractivity contribution in [1.29, 1.82) is 0 Å². The van der Waals surface area contributed by atoms with Gasteiger partial charge in [0.25, 0.3) is 0 Å². The Morgan fingerprint density at radius 2 is 1.79 bits per heavy atom. The number of ether oxygens (including phenoxy) is 1. The molecule has 0 saturated carbocycles. The van der Waals surface area contributed by atoms with Crippen LogP contribution in [0.4, 0.5) is 4.79 Å². The molecule has 7 heteroatoms. The van der Waals surface area contributed by atoms with Crippen molar-refractivity contribution >= 4 is 6.03 Å². The third-order valence-corrected chi connectivity index (χ3v) is 7.20. The van der Waals surface area contributed by atoms with Crippen molar-refractivity contribution in [3.05, 3.63) is 65.0 Å². The number of rotatable bonds is 8. The Kier molecular flexibility index (Phi) is 6.90. The average molecular weight is 451 g/mol. The van der Waals surface area contributed by atoms with Crippen LogP contribution in [0.1, 0.15) is 41.1 Å². The van der Waals surface area contributed by atoms with E-state index in [2.05, 4.69) is 40.6 Å². The number of pyridine rings is 1. The molecule has 1 aromatic heterocycles. The number of hydrogen-bond acceptors (Lipinski definition) is 5. The van der Waals surface area contributed by atoms with Gasteiger partial charge < -0.3 is 25.0 Å². The van der Waals surface area contributed by atoms with Crippen LogP contribution in [0.15, 0.2) is 42.6 Å². The van der Waals surface area contributed by atoms with E-state index in [4.69, 9.17) is 4.74 Å². The van der Waals surface area contributed by atoms with E-state index in [9.17, 15) is 9.90 Å². The summed E-state index contributed by atoms with van der Waals surface area (Å²) in [6.45, 7) is 4.32. The number of nitrogens with one attached hydrogen (secondary N) is 1. The second-order valence-corrected chi connectivity index (χ2v) is 9.56. The number of benzene rings is 1. The molecule has 176 valence electrons. The van der Waals surface area contributed by atoms with Gasteiger partial charge in [0, 0.05) is 51.6 Å². The van der Waals surface area contributed by atoms with Crippen LogP contribution < -0.4 is 5.32 Å². The van der Waals surface area contributed by atoms with Gasteiger partial charge in [-0.3, -0.25) is 4.98 Å². The zero-order valence-corrected chi connectivity index (χ0v) is 19.2. The van der Waals surface area contributed by atoms with Crippen molar-refractivity contribution in [2.45, 2.75) is 50.3 Å². The van der Waals surface area contributed by atoms with Crippen LogP contribution in [-0.2, 0) is 24.1 Å². The van der Waals surface area contributed by atoms with Crippen LogP contribution in [0, 0.1) is 0 Å². The van der Waals surface area contributed by atoms with Gasteiger partial charge in [0.05, 0.1) is 18.3 Å². The second-order valence-electron chi connectivity index (χ2n) is 9.56. The number of β-amino-alcohol motifs (C(OH)–C–C–N with tert-alkyl or cyclic N) is 1. The van der Waals surface area contributed by atoms with E-state index >= 15 is 0 Å². The standard InChI is InChI=1S/C26H34N4O3/c31-25(16-28-24-13-20-3-1-2-4-21(20)14-24)18-30-10-9-29(26(30)32)17-23-6-5-22(15-27-23)19-7-11-33-12-8-19/h1-6,15,19,24-25,28,31H,7-14,16-18H2/t25-/m1/s1. The van der Waals surface area contributed by atoms with Gasteiger partial charge in [-0.15, -0.1) is 0 Å². The molecule has 33 heavy (non-hydrogen) atoms. The van der Waals surface area contributed by atoms with Crippen molar-refractivity contribution in [1.82, 2.24) is 20.1 Å². The van der Waals surface area contributed by atoms with Crippen LogP contribution in [0.25, 0.3) is 0 Å². The molecule has 2 fully saturated rings. The summed E-state index contributed by atoms with van der Waals surface area (Å²) in [4.78, 5) is 21.0. The van der Waals surface area contributed by atoms with Crippen LogP contribution in [-0.4, -0.2) is 77.5 Å². The Bertz CT molecular complexity index is 920. The molecule has 0 radical (unpaired) electrons. The second kappa shape index (κ2) is 10.2. The SMILES string of the molecule is O=C1N(Cc2ccc(C3CCOCC3)cn2)CCN1C[C@H](O)CNC1Cc2ccccc2C1. The predicted octanol–water partition coefficient (Wildman–Crippen LogP) is 2.33. The first-order chi connectivity index (χ1) is 16.2. The van der Waals surface area contributed by atoms with Gasteiger partial charge in [0.2, 0.25) is 0 Å². The maximum Gasteiger partial charge on any atom is 0.320 e. The van der Waals surface area contributed by atoms with Gasteiger partial charge >= 0.3 is 6.03 Å². The number of nitrogens with zero attached hydrogens (tertiary/aromatic N) is 3. The fourth-order valence-corrected chi connectivity index (χ4v) is 5.27. The van der Waals surface area contributed by atoms with Gasteiger partial charge in [-0.05, 0) is 54.4 Å². The lowest BCUT2D eigenvalue weighted by Crippen LogP contribution is -2.43. The number of urea groups is 1. The normalized spacial score (nSPS) is 20.5. The molecule has 0 spiro atoms. The molecule has 1 atom stereocenters. The molecule has 3 aliphatic rings.